The van der Waals surface area contributed by atoms with Crippen molar-refractivity contribution in [3.8, 4) is 0 Å². The van der Waals surface area contributed by atoms with Gasteiger partial charge in [0.05, 0.1) is 12.8 Å². The van der Waals surface area contributed by atoms with Crippen molar-refractivity contribution in [3.05, 3.63) is 17.5 Å². The van der Waals surface area contributed by atoms with E-state index >= 15 is 0 Å². The molecule has 2 rings (SSSR count). The fraction of sp³-hybridized carbons (Fsp3) is 0.778. The summed E-state index contributed by atoms with van der Waals surface area (Å²) in [7, 11) is 0. The number of rotatable bonds is 9. The number of hydrogen-bond donors (Lipinski definition) is 2. The number of carbonyl (C=O) groups is 1. The van der Waals surface area contributed by atoms with Crippen LogP contribution in [-0.2, 0) is 11.3 Å². The highest BCUT2D eigenvalue weighted by molar-refractivity contribution is 5.88. The van der Waals surface area contributed by atoms with Crippen LogP contribution in [0.5, 0.6) is 0 Å². The van der Waals surface area contributed by atoms with Crippen molar-refractivity contribution < 1.29 is 14.6 Å². The Morgan fingerprint density at radius 2 is 2.28 bits per heavy atom. The van der Waals surface area contributed by atoms with Crippen molar-refractivity contribution in [1.29, 1.82) is 0 Å². The monoisotopic (exact) mass is 352 g/mol. The Morgan fingerprint density at radius 3 is 2.96 bits per heavy atom. The third-order valence-corrected chi connectivity index (χ3v) is 4.74. The second-order valence-electron chi connectivity index (χ2n) is 7.11. The molecule has 1 aromatic rings. The van der Waals surface area contributed by atoms with E-state index in [1.54, 1.807) is 13.1 Å². The van der Waals surface area contributed by atoms with Crippen molar-refractivity contribution >= 4 is 5.97 Å². The third-order valence-electron chi connectivity index (χ3n) is 4.74. The molecular formula is C18H32N4O3. The number of hydrogen-bond acceptors (Lipinski definition) is 6. The lowest BCUT2D eigenvalue weighted by atomic mass is 10.0. The first-order valence-electron chi connectivity index (χ1n) is 9.31. The number of aromatic amines is 1. The second-order valence-corrected chi connectivity index (χ2v) is 7.11. The summed E-state index contributed by atoms with van der Waals surface area (Å²) in [6.45, 7) is 11.4. The molecule has 1 aliphatic heterocycles. The van der Waals surface area contributed by atoms with Gasteiger partial charge in [-0.05, 0) is 32.2 Å². The van der Waals surface area contributed by atoms with E-state index in [2.05, 4.69) is 33.8 Å². The zero-order chi connectivity index (χ0) is 18.2. The minimum Gasteiger partial charge on any atom is -0.461 e. The lowest BCUT2D eigenvalue weighted by molar-refractivity contribution is 0.0488. The number of H-pyrrole nitrogens is 1. The summed E-state index contributed by atoms with van der Waals surface area (Å²) in [4.78, 5) is 16.8. The molecule has 7 heteroatoms. The van der Waals surface area contributed by atoms with Gasteiger partial charge in [-0.25, -0.2) is 4.79 Å². The van der Waals surface area contributed by atoms with E-state index in [9.17, 15) is 9.90 Å². The molecule has 0 saturated carbocycles. The molecule has 2 heterocycles. The molecule has 1 aromatic heterocycles. The average molecular weight is 352 g/mol. The summed E-state index contributed by atoms with van der Waals surface area (Å²) < 4.78 is 5.08. The number of carbonyl (C=O) groups excluding carboxylic acids is 1. The summed E-state index contributed by atoms with van der Waals surface area (Å²) in [5, 5.41) is 16.2. The first kappa shape index (κ1) is 19.9. The van der Waals surface area contributed by atoms with Crippen LogP contribution in [0.15, 0.2) is 6.20 Å². The summed E-state index contributed by atoms with van der Waals surface area (Å²) >= 11 is 0. The van der Waals surface area contributed by atoms with Gasteiger partial charge in [-0.2, -0.15) is 5.10 Å². The summed E-state index contributed by atoms with van der Waals surface area (Å²) in [6, 6.07) is 0.357. The van der Waals surface area contributed by atoms with Crippen LogP contribution in [0, 0.1) is 5.92 Å². The van der Waals surface area contributed by atoms with Crippen LogP contribution in [0.1, 0.15) is 49.7 Å². The minimum absolute atomic E-state index is 0.205. The molecule has 1 saturated heterocycles. The summed E-state index contributed by atoms with van der Waals surface area (Å²) in [5.74, 6) is 0.336. The number of nitrogens with one attached hydrogen (secondary N) is 1. The Hall–Kier alpha value is -1.44. The molecule has 0 spiro atoms. The van der Waals surface area contributed by atoms with Crippen LogP contribution in [0.4, 0.5) is 0 Å². The molecule has 2 N–H and O–H groups in total. The Kier molecular flexibility index (Phi) is 7.87. The number of ether oxygens (including phenoxy) is 1. The standard InChI is InChI=1S/C18H32N4O3/c1-4-25-18(24)17-15(11-19-20-17)12-21-8-9-22(7-5-14(2)3)16(13-21)6-10-23/h11,14,16,23H,4-10,12-13H2,1-3H3,(H,19,20)/t16-/m1/s1. The Bertz CT molecular complexity index is 532. The van der Waals surface area contributed by atoms with Crippen LogP contribution in [0.3, 0.4) is 0 Å². The summed E-state index contributed by atoms with van der Waals surface area (Å²) in [5.41, 5.74) is 1.32. The number of aromatic nitrogens is 2. The molecular weight excluding hydrogens is 320 g/mol. The molecule has 0 aromatic carbocycles. The van der Waals surface area contributed by atoms with Gasteiger partial charge in [-0.15, -0.1) is 0 Å². The molecule has 0 unspecified atom stereocenters. The van der Waals surface area contributed by atoms with E-state index < -0.39 is 0 Å². The topological polar surface area (TPSA) is 81.7 Å². The van der Waals surface area contributed by atoms with Crippen molar-refractivity contribution in [2.24, 2.45) is 5.92 Å². The predicted molar refractivity (Wildman–Crippen MR) is 96.3 cm³/mol. The van der Waals surface area contributed by atoms with Crippen molar-refractivity contribution in [1.82, 2.24) is 20.0 Å². The number of aliphatic hydroxyl groups excluding tert-OH is 1. The highest BCUT2D eigenvalue weighted by atomic mass is 16.5. The van der Waals surface area contributed by atoms with Crippen LogP contribution < -0.4 is 0 Å². The summed E-state index contributed by atoms with van der Waals surface area (Å²) in [6.07, 6.45) is 3.67. The Labute approximate surface area is 150 Å². The van der Waals surface area contributed by atoms with Crippen LogP contribution in [0.2, 0.25) is 0 Å². The quantitative estimate of drug-likeness (QED) is 0.656. The van der Waals surface area contributed by atoms with Gasteiger partial charge >= 0.3 is 5.97 Å². The van der Waals surface area contributed by atoms with Gasteiger partial charge in [0.2, 0.25) is 0 Å². The highest BCUT2D eigenvalue weighted by Gasteiger charge is 2.27. The molecule has 0 amide bonds. The molecule has 1 aliphatic rings. The maximum atomic E-state index is 12.0. The fourth-order valence-electron chi connectivity index (χ4n) is 3.29. The van der Waals surface area contributed by atoms with E-state index in [0.717, 1.165) is 38.2 Å². The van der Waals surface area contributed by atoms with Crippen LogP contribution >= 0.6 is 0 Å². The van der Waals surface area contributed by atoms with Crippen molar-refractivity contribution in [2.75, 3.05) is 39.4 Å². The first-order valence-corrected chi connectivity index (χ1v) is 9.31. The average Bonchev–Trinajstić information content (AvgIpc) is 3.03. The Balaban J connectivity index is 1.96. The molecule has 0 aliphatic carbocycles. The largest absolute Gasteiger partial charge is 0.461 e. The van der Waals surface area contributed by atoms with Gasteiger partial charge in [0, 0.05) is 44.4 Å². The predicted octanol–water partition coefficient (Wildman–Crippen LogP) is 1.50. The van der Waals surface area contributed by atoms with Crippen molar-refractivity contribution in [3.63, 3.8) is 0 Å². The molecule has 142 valence electrons. The maximum absolute atomic E-state index is 12.0. The van der Waals surface area contributed by atoms with E-state index in [1.807, 2.05) is 0 Å². The molecule has 25 heavy (non-hydrogen) atoms. The Morgan fingerprint density at radius 1 is 1.48 bits per heavy atom. The normalized spacial score (nSPS) is 19.5. The van der Waals surface area contributed by atoms with E-state index in [0.29, 0.717) is 30.8 Å². The molecule has 0 bridgehead atoms. The van der Waals surface area contributed by atoms with Gasteiger partial charge in [0.25, 0.3) is 0 Å². The number of nitrogens with zero attached hydrogens (tertiary/aromatic N) is 3. The molecule has 7 nitrogen and oxygen atoms in total. The molecule has 0 radical (unpaired) electrons. The zero-order valence-electron chi connectivity index (χ0n) is 15.7. The molecule has 1 fully saturated rings. The lowest BCUT2D eigenvalue weighted by Crippen LogP contribution is -2.53. The van der Waals surface area contributed by atoms with Gasteiger partial charge in [-0.1, -0.05) is 13.8 Å². The van der Waals surface area contributed by atoms with Gasteiger partial charge in [-0.3, -0.25) is 14.9 Å². The van der Waals surface area contributed by atoms with Crippen LogP contribution in [-0.4, -0.2) is 76.5 Å². The SMILES string of the molecule is CCOC(=O)c1[nH]ncc1CN1CCN(CCC(C)C)[C@H](CCO)C1. The van der Waals surface area contributed by atoms with E-state index in [1.165, 1.54) is 6.42 Å². The first-order chi connectivity index (χ1) is 12.0. The van der Waals surface area contributed by atoms with Gasteiger partial charge < -0.3 is 9.84 Å². The number of piperazine rings is 1. The number of esters is 1. The number of aliphatic hydroxyl groups is 1. The van der Waals surface area contributed by atoms with E-state index in [-0.39, 0.29) is 12.6 Å². The van der Waals surface area contributed by atoms with E-state index in [4.69, 9.17) is 4.74 Å². The lowest BCUT2D eigenvalue weighted by Gasteiger charge is -2.41. The zero-order valence-corrected chi connectivity index (χ0v) is 15.7. The van der Waals surface area contributed by atoms with Gasteiger partial charge in [0.15, 0.2) is 0 Å². The second kappa shape index (κ2) is 9.89. The van der Waals surface area contributed by atoms with Crippen molar-refractivity contribution in [2.45, 2.75) is 46.2 Å². The fourth-order valence-corrected chi connectivity index (χ4v) is 3.29. The van der Waals surface area contributed by atoms with Gasteiger partial charge in [0.1, 0.15) is 5.69 Å². The van der Waals surface area contributed by atoms with Crippen LogP contribution in [0.25, 0.3) is 0 Å². The highest BCUT2D eigenvalue weighted by Crippen LogP contribution is 2.18. The molecule has 1 atom stereocenters. The third kappa shape index (κ3) is 5.80. The maximum Gasteiger partial charge on any atom is 0.356 e. The smallest absolute Gasteiger partial charge is 0.356 e. The minimum atomic E-state index is -0.350.